The predicted octanol–water partition coefficient (Wildman–Crippen LogP) is 2.35. The molecule has 2 rings (SSSR count). The Hall–Kier alpha value is -2.63. The number of hydrogen-bond acceptors (Lipinski definition) is 5. The lowest BCUT2D eigenvalue weighted by Crippen LogP contribution is -1.97. The number of phenolic OH excluding ortho intramolecular Hbond substituents is 2. The lowest BCUT2D eigenvalue weighted by Gasteiger charge is -2.06. The summed E-state index contributed by atoms with van der Waals surface area (Å²) in [6.07, 6.45) is 0. The van der Waals surface area contributed by atoms with Crippen molar-refractivity contribution < 1.29 is 20.1 Å². The SMILES string of the molecule is O=Nc1c(O)ccc2cc(O)cc(C(=O)O)c12. The largest absolute Gasteiger partial charge is 0.508 e. The van der Waals surface area contributed by atoms with Crippen LogP contribution in [0.1, 0.15) is 10.4 Å². The molecule has 0 fully saturated rings. The average Bonchev–Trinajstić information content (AvgIpc) is 2.28. The number of nitroso groups, excluding NO2 is 1. The van der Waals surface area contributed by atoms with E-state index < -0.39 is 11.7 Å². The van der Waals surface area contributed by atoms with Gasteiger partial charge in [0.15, 0.2) is 5.69 Å². The third kappa shape index (κ3) is 1.65. The van der Waals surface area contributed by atoms with E-state index >= 15 is 0 Å². The molecule has 0 aliphatic heterocycles. The Kier molecular flexibility index (Phi) is 2.40. The zero-order valence-electron chi connectivity index (χ0n) is 8.41. The molecule has 0 aliphatic carbocycles. The lowest BCUT2D eigenvalue weighted by molar-refractivity contribution is 0.0698. The summed E-state index contributed by atoms with van der Waals surface area (Å²) in [5, 5.41) is 30.7. The highest BCUT2D eigenvalue weighted by molar-refractivity contribution is 6.10. The molecule has 0 aliphatic rings. The van der Waals surface area contributed by atoms with Gasteiger partial charge in [-0.15, -0.1) is 4.91 Å². The zero-order valence-corrected chi connectivity index (χ0v) is 8.41. The molecule has 17 heavy (non-hydrogen) atoms. The van der Waals surface area contributed by atoms with Crippen LogP contribution in [0.2, 0.25) is 0 Å². The van der Waals surface area contributed by atoms with Crippen LogP contribution in [0.15, 0.2) is 29.4 Å². The number of phenols is 2. The Morgan fingerprint density at radius 3 is 2.47 bits per heavy atom. The number of hydrogen-bond donors (Lipinski definition) is 3. The normalized spacial score (nSPS) is 10.4. The summed E-state index contributed by atoms with van der Waals surface area (Å²) in [7, 11) is 0. The van der Waals surface area contributed by atoms with Crippen LogP contribution in [0.5, 0.6) is 11.5 Å². The molecule has 0 spiro atoms. The van der Waals surface area contributed by atoms with Gasteiger partial charge in [-0.2, -0.15) is 0 Å². The van der Waals surface area contributed by atoms with E-state index in [0.717, 1.165) is 6.07 Å². The highest BCUT2D eigenvalue weighted by Gasteiger charge is 2.17. The molecule has 2 aromatic rings. The highest BCUT2D eigenvalue weighted by Crippen LogP contribution is 2.38. The quantitative estimate of drug-likeness (QED) is 0.690. The van der Waals surface area contributed by atoms with Crippen molar-refractivity contribution >= 4 is 22.4 Å². The average molecular weight is 233 g/mol. The van der Waals surface area contributed by atoms with Crippen LogP contribution in [0.25, 0.3) is 10.8 Å². The molecular weight excluding hydrogens is 226 g/mol. The van der Waals surface area contributed by atoms with E-state index in [4.69, 9.17) is 5.11 Å². The van der Waals surface area contributed by atoms with E-state index in [1.165, 1.54) is 18.2 Å². The molecule has 0 atom stereocenters. The van der Waals surface area contributed by atoms with Gasteiger partial charge in [-0.1, -0.05) is 6.07 Å². The molecule has 0 amide bonds. The molecule has 6 nitrogen and oxygen atoms in total. The standard InChI is InChI=1S/C11H7NO5/c13-6-3-5-1-2-8(14)10(12-17)9(5)7(4-6)11(15)16/h1-4,13-14H,(H,15,16). The predicted molar refractivity (Wildman–Crippen MR) is 59.7 cm³/mol. The molecule has 2 aromatic carbocycles. The first-order valence-corrected chi connectivity index (χ1v) is 4.60. The van der Waals surface area contributed by atoms with Gasteiger partial charge in [0.05, 0.1) is 5.56 Å². The summed E-state index contributed by atoms with van der Waals surface area (Å²) in [4.78, 5) is 21.6. The van der Waals surface area contributed by atoms with E-state index in [0.29, 0.717) is 5.39 Å². The second kappa shape index (κ2) is 3.75. The number of carbonyl (C=O) groups is 1. The monoisotopic (exact) mass is 233 g/mol. The number of benzene rings is 2. The third-order valence-electron chi connectivity index (χ3n) is 2.38. The molecule has 0 saturated carbocycles. The van der Waals surface area contributed by atoms with Crippen LogP contribution < -0.4 is 0 Å². The van der Waals surface area contributed by atoms with Crippen molar-refractivity contribution in [3.63, 3.8) is 0 Å². The fraction of sp³-hybridized carbons (Fsp3) is 0. The van der Waals surface area contributed by atoms with Gasteiger partial charge in [-0.05, 0) is 28.8 Å². The van der Waals surface area contributed by atoms with Gasteiger partial charge in [0.1, 0.15) is 11.5 Å². The van der Waals surface area contributed by atoms with Gasteiger partial charge in [0.2, 0.25) is 0 Å². The van der Waals surface area contributed by atoms with Crippen LogP contribution >= 0.6 is 0 Å². The van der Waals surface area contributed by atoms with Crippen LogP contribution in [-0.2, 0) is 0 Å². The molecule has 0 bridgehead atoms. The topological polar surface area (TPSA) is 107 Å². The fourth-order valence-electron chi connectivity index (χ4n) is 1.68. The van der Waals surface area contributed by atoms with Crippen molar-refractivity contribution in [2.24, 2.45) is 5.18 Å². The molecule has 3 N–H and O–H groups in total. The number of carboxylic acids is 1. The maximum Gasteiger partial charge on any atom is 0.336 e. The Morgan fingerprint density at radius 1 is 1.18 bits per heavy atom. The smallest absolute Gasteiger partial charge is 0.336 e. The number of nitrogens with zero attached hydrogens (tertiary/aromatic N) is 1. The Bertz CT molecular complexity index is 635. The highest BCUT2D eigenvalue weighted by atomic mass is 16.4. The maximum absolute atomic E-state index is 11.0. The van der Waals surface area contributed by atoms with Gasteiger partial charge in [0.25, 0.3) is 0 Å². The molecule has 0 radical (unpaired) electrons. The van der Waals surface area contributed by atoms with Crippen LogP contribution in [-0.4, -0.2) is 21.3 Å². The number of rotatable bonds is 2. The van der Waals surface area contributed by atoms with E-state index in [9.17, 15) is 19.9 Å². The van der Waals surface area contributed by atoms with E-state index in [1.54, 1.807) is 0 Å². The van der Waals surface area contributed by atoms with Crippen molar-refractivity contribution in [3.8, 4) is 11.5 Å². The van der Waals surface area contributed by atoms with Crippen molar-refractivity contribution in [2.45, 2.75) is 0 Å². The van der Waals surface area contributed by atoms with Crippen LogP contribution in [0, 0.1) is 4.91 Å². The fourth-order valence-corrected chi connectivity index (χ4v) is 1.68. The zero-order chi connectivity index (χ0) is 12.6. The van der Waals surface area contributed by atoms with Gasteiger partial charge < -0.3 is 15.3 Å². The summed E-state index contributed by atoms with van der Waals surface area (Å²) >= 11 is 0. The minimum Gasteiger partial charge on any atom is -0.508 e. The van der Waals surface area contributed by atoms with E-state index in [2.05, 4.69) is 5.18 Å². The van der Waals surface area contributed by atoms with Gasteiger partial charge in [-0.25, -0.2) is 4.79 Å². The summed E-state index contributed by atoms with van der Waals surface area (Å²) < 4.78 is 0. The summed E-state index contributed by atoms with van der Waals surface area (Å²) in [5.41, 5.74) is -0.634. The van der Waals surface area contributed by atoms with Crippen LogP contribution in [0.3, 0.4) is 0 Å². The first-order valence-electron chi connectivity index (χ1n) is 4.60. The molecule has 0 aromatic heterocycles. The molecule has 86 valence electrons. The molecular formula is C11H7NO5. The minimum absolute atomic E-state index is 0.00491. The van der Waals surface area contributed by atoms with Crippen molar-refractivity contribution in [3.05, 3.63) is 34.7 Å². The minimum atomic E-state index is -1.32. The Labute approximate surface area is 94.7 Å². The van der Waals surface area contributed by atoms with E-state index in [1.807, 2.05) is 0 Å². The van der Waals surface area contributed by atoms with Gasteiger partial charge in [-0.3, -0.25) is 0 Å². The molecule has 0 heterocycles. The number of aromatic hydroxyl groups is 2. The van der Waals surface area contributed by atoms with Crippen molar-refractivity contribution in [2.75, 3.05) is 0 Å². The summed E-state index contributed by atoms with van der Waals surface area (Å²) in [6.45, 7) is 0. The molecule has 0 unspecified atom stereocenters. The number of fused-ring (bicyclic) bond motifs is 1. The second-order valence-corrected chi connectivity index (χ2v) is 3.42. The second-order valence-electron chi connectivity index (χ2n) is 3.42. The van der Waals surface area contributed by atoms with Gasteiger partial charge >= 0.3 is 5.97 Å². The van der Waals surface area contributed by atoms with Crippen molar-refractivity contribution in [1.82, 2.24) is 0 Å². The summed E-state index contributed by atoms with van der Waals surface area (Å²) in [6, 6.07) is 4.89. The first-order chi connectivity index (χ1) is 8.04. The molecule has 0 saturated heterocycles. The maximum atomic E-state index is 11.0. The molecule has 6 heteroatoms. The van der Waals surface area contributed by atoms with E-state index in [-0.39, 0.29) is 22.4 Å². The first kappa shape index (κ1) is 10.9. The summed E-state index contributed by atoms with van der Waals surface area (Å²) in [5.74, 6) is -1.96. The van der Waals surface area contributed by atoms with Gasteiger partial charge in [0, 0.05) is 5.39 Å². The third-order valence-corrected chi connectivity index (χ3v) is 2.38. The number of carboxylic acid groups (broad SMARTS) is 1. The Morgan fingerprint density at radius 2 is 1.88 bits per heavy atom. The number of aromatic carboxylic acids is 1. The van der Waals surface area contributed by atoms with Crippen molar-refractivity contribution in [1.29, 1.82) is 0 Å². The van der Waals surface area contributed by atoms with Crippen LogP contribution in [0.4, 0.5) is 5.69 Å². The lowest BCUT2D eigenvalue weighted by atomic mass is 10.0. The Balaban J connectivity index is 3.01.